The van der Waals surface area contributed by atoms with Gasteiger partial charge in [0, 0.05) is 49.4 Å². The fourth-order valence-corrected chi connectivity index (χ4v) is 3.46. The van der Waals surface area contributed by atoms with Crippen molar-refractivity contribution in [2.45, 2.75) is 13.8 Å². The van der Waals surface area contributed by atoms with Gasteiger partial charge in [-0.25, -0.2) is 0 Å². The maximum absolute atomic E-state index is 12.7. The first-order valence-corrected chi connectivity index (χ1v) is 9.80. The number of amides is 2. The van der Waals surface area contributed by atoms with Crippen molar-refractivity contribution in [3.05, 3.63) is 53.1 Å². The molecule has 0 unspecified atom stereocenters. The molecule has 0 spiro atoms. The summed E-state index contributed by atoms with van der Waals surface area (Å²) in [5.74, 6) is -0.367. The molecule has 1 aliphatic rings. The monoisotopic (exact) mass is 400 g/mol. The lowest BCUT2D eigenvalue weighted by Crippen LogP contribution is -2.46. The predicted octanol–water partition coefficient (Wildman–Crippen LogP) is 3.69. The van der Waals surface area contributed by atoms with E-state index in [4.69, 9.17) is 11.6 Å². The van der Waals surface area contributed by atoms with Gasteiger partial charge in [-0.15, -0.1) is 0 Å². The molecule has 0 radical (unpaired) electrons. The van der Waals surface area contributed by atoms with Gasteiger partial charge in [-0.2, -0.15) is 0 Å². The Kier molecular flexibility index (Phi) is 6.54. The van der Waals surface area contributed by atoms with E-state index in [0.29, 0.717) is 22.0 Å². The van der Waals surface area contributed by atoms with E-state index in [-0.39, 0.29) is 11.8 Å². The van der Waals surface area contributed by atoms with Crippen molar-refractivity contribution in [1.29, 1.82) is 0 Å². The van der Waals surface area contributed by atoms with Crippen molar-refractivity contribution >= 4 is 40.5 Å². The third-order valence-corrected chi connectivity index (χ3v) is 5.07. The van der Waals surface area contributed by atoms with Gasteiger partial charge in [-0.3, -0.25) is 9.59 Å². The number of hydrogen-bond acceptors (Lipinski definition) is 4. The molecule has 6 nitrogen and oxygen atoms in total. The molecule has 28 heavy (non-hydrogen) atoms. The third kappa shape index (κ3) is 5.03. The minimum atomic E-state index is -0.218. The van der Waals surface area contributed by atoms with Crippen LogP contribution in [0.2, 0.25) is 5.02 Å². The normalized spacial score (nSPS) is 14.6. The van der Waals surface area contributed by atoms with Gasteiger partial charge in [0.15, 0.2) is 0 Å². The quantitative estimate of drug-likeness (QED) is 0.803. The lowest BCUT2D eigenvalue weighted by Gasteiger charge is -2.36. The molecule has 0 aromatic heterocycles. The van der Waals surface area contributed by atoms with Gasteiger partial charge in [0.05, 0.1) is 11.4 Å². The average Bonchev–Trinajstić information content (AvgIpc) is 2.68. The summed E-state index contributed by atoms with van der Waals surface area (Å²) >= 11 is 6.18. The maximum Gasteiger partial charge on any atom is 0.255 e. The van der Waals surface area contributed by atoms with Crippen molar-refractivity contribution in [3.8, 4) is 0 Å². The van der Waals surface area contributed by atoms with E-state index < -0.39 is 0 Å². The largest absolute Gasteiger partial charge is 0.367 e. The summed E-state index contributed by atoms with van der Waals surface area (Å²) in [5.41, 5.74) is 2.84. The molecule has 2 N–H and O–H groups in total. The van der Waals surface area contributed by atoms with Crippen molar-refractivity contribution < 1.29 is 9.59 Å². The Bertz CT molecular complexity index is 846. The molecule has 148 valence electrons. The van der Waals surface area contributed by atoms with Crippen LogP contribution in [0.3, 0.4) is 0 Å². The maximum atomic E-state index is 12.7. The summed E-state index contributed by atoms with van der Waals surface area (Å²) < 4.78 is 0. The van der Waals surface area contributed by atoms with Gasteiger partial charge >= 0.3 is 0 Å². The van der Waals surface area contributed by atoms with E-state index in [1.807, 2.05) is 12.1 Å². The number of likely N-dealkylation sites (N-methyl/N-ethyl adjacent to an activating group) is 1. The first-order chi connectivity index (χ1) is 13.5. The number of carbonyl (C=O) groups excluding carboxylic acids is 2. The number of rotatable bonds is 5. The second-order valence-electron chi connectivity index (χ2n) is 6.80. The molecule has 3 rings (SSSR count). The fraction of sp³-hybridized carbons (Fsp3) is 0.333. The molecular formula is C21H25ClN4O2. The number of nitrogens with one attached hydrogen (secondary N) is 2. The Balaban J connectivity index is 1.75. The fourth-order valence-electron chi connectivity index (χ4n) is 3.29. The van der Waals surface area contributed by atoms with Crippen LogP contribution in [0.5, 0.6) is 0 Å². The molecule has 1 aliphatic heterocycles. The molecule has 1 saturated heterocycles. The summed E-state index contributed by atoms with van der Waals surface area (Å²) in [7, 11) is 0. The van der Waals surface area contributed by atoms with Gasteiger partial charge < -0.3 is 20.4 Å². The molecular weight excluding hydrogens is 376 g/mol. The highest BCUT2D eigenvalue weighted by atomic mass is 35.5. The minimum Gasteiger partial charge on any atom is -0.367 e. The highest BCUT2D eigenvalue weighted by molar-refractivity contribution is 6.31. The van der Waals surface area contributed by atoms with E-state index in [9.17, 15) is 9.59 Å². The SMILES string of the molecule is CCN1CCN(c2ccc(Cl)cc2NC(=O)c2ccc(NC(C)=O)cc2)CC1. The van der Waals surface area contributed by atoms with Crippen molar-refractivity contribution in [1.82, 2.24) is 4.90 Å². The van der Waals surface area contributed by atoms with Crippen LogP contribution in [0, 0.1) is 0 Å². The number of piperazine rings is 1. The van der Waals surface area contributed by atoms with Crippen molar-refractivity contribution in [3.63, 3.8) is 0 Å². The van der Waals surface area contributed by atoms with Crippen LogP contribution in [0.1, 0.15) is 24.2 Å². The molecule has 0 saturated carbocycles. The summed E-state index contributed by atoms with van der Waals surface area (Å²) in [6.45, 7) is 8.47. The molecule has 0 aliphatic carbocycles. The van der Waals surface area contributed by atoms with Gasteiger partial charge in [-0.1, -0.05) is 18.5 Å². The van der Waals surface area contributed by atoms with Crippen LogP contribution in [-0.4, -0.2) is 49.4 Å². The third-order valence-electron chi connectivity index (χ3n) is 4.83. The molecule has 0 atom stereocenters. The van der Waals surface area contributed by atoms with Crippen LogP contribution >= 0.6 is 11.6 Å². The topological polar surface area (TPSA) is 64.7 Å². The smallest absolute Gasteiger partial charge is 0.255 e. The van der Waals surface area contributed by atoms with Gasteiger partial charge in [0.25, 0.3) is 5.91 Å². The lowest BCUT2D eigenvalue weighted by molar-refractivity contribution is -0.114. The Morgan fingerprint density at radius 1 is 1.00 bits per heavy atom. The second-order valence-corrected chi connectivity index (χ2v) is 7.23. The van der Waals surface area contributed by atoms with Gasteiger partial charge in [0.2, 0.25) is 5.91 Å². The van der Waals surface area contributed by atoms with E-state index in [1.54, 1.807) is 30.3 Å². The highest BCUT2D eigenvalue weighted by Gasteiger charge is 2.19. The zero-order valence-corrected chi connectivity index (χ0v) is 16.9. The molecule has 2 amide bonds. The minimum absolute atomic E-state index is 0.149. The average molecular weight is 401 g/mol. The summed E-state index contributed by atoms with van der Waals surface area (Å²) in [4.78, 5) is 28.5. The Hall–Kier alpha value is -2.57. The van der Waals surface area contributed by atoms with Gasteiger partial charge in [0.1, 0.15) is 0 Å². The summed E-state index contributed by atoms with van der Waals surface area (Å²) in [6.07, 6.45) is 0. The first kappa shape index (κ1) is 20.2. The van der Waals surface area contributed by atoms with E-state index in [0.717, 1.165) is 38.4 Å². The van der Waals surface area contributed by atoms with E-state index in [1.165, 1.54) is 6.92 Å². The Morgan fingerprint density at radius 2 is 1.68 bits per heavy atom. The highest BCUT2D eigenvalue weighted by Crippen LogP contribution is 2.30. The van der Waals surface area contributed by atoms with Gasteiger partial charge in [-0.05, 0) is 49.0 Å². The molecule has 0 bridgehead atoms. The lowest BCUT2D eigenvalue weighted by atomic mass is 10.1. The van der Waals surface area contributed by atoms with E-state index >= 15 is 0 Å². The Labute approximate surface area is 170 Å². The zero-order valence-electron chi connectivity index (χ0n) is 16.2. The van der Waals surface area contributed by atoms with Crippen LogP contribution in [0.4, 0.5) is 17.1 Å². The summed E-state index contributed by atoms with van der Waals surface area (Å²) in [5, 5.41) is 6.25. The number of anilines is 3. The van der Waals surface area contributed by atoms with Crippen LogP contribution in [0.15, 0.2) is 42.5 Å². The number of hydrogen-bond donors (Lipinski definition) is 2. The molecule has 1 fully saturated rings. The van der Waals surface area contributed by atoms with Crippen molar-refractivity contribution in [2.24, 2.45) is 0 Å². The molecule has 7 heteroatoms. The predicted molar refractivity (Wildman–Crippen MR) is 114 cm³/mol. The molecule has 2 aromatic rings. The van der Waals surface area contributed by atoms with Crippen LogP contribution in [-0.2, 0) is 4.79 Å². The summed E-state index contributed by atoms with van der Waals surface area (Å²) in [6, 6.07) is 12.4. The van der Waals surface area contributed by atoms with Crippen LogP contribution < -0.4 is 15.5 Å². The molecule has 2 aromatic carbocycles. The number of carbonyl (C=O) groups is 2. The zero-order chi connectivity index (χ0) is 20.1. The number of nitrogens with zero attached hydrogens (tertiary/aromatic N) is 2. The first-order valence-electron chi connectivity index (χ1n) is 9.42. The Morgan fingerprint density at radius 3 is 2.29 bits per heavy atom. The van der Waals surface area contributed by atoms with Crippen molar-refractivity contribution in [2.75, 3.05) is 48.3 Å². The standard InChI is InChI=1S/C21H25ClN4O2/c1-3-25-10-12-26(13-11-25)20-9-6-17(22)14-19(20)24-21(28)16-4-7-18(8-5-16)23-15(2)27/h4-9,14H,3,10-13H2,1-2H3,(H,23,27)(H,24,28). The molecule has 1 heterocycles. The van der Waals surface area contributed by atoms with E-state index in [2.05, 4.69) is 27.4 Å². The number of halogens is 1. The van der Waals surface area contributed by atoms with Crippen LogP contribution in [0.25, 0.3) is 0 Å². The second kappa shape index (κ2) is 9.08. The number of benzene rings is 2.